The molecule has 2 heterocycles. The number of carbonyl (C=O) groups is 1. The van der Waals surface area contributed by atoms with Crippen molar-refractivity contribution in [3.05, 3.63) is 53.3 Å². The Morgan fingerprint density at radius 3 is 3.00 bits per heavy atom. The SMILES string of the molecule is CC(NC(=O)CSc1nc2ncccn2n1)c1ccccc1Cl. The highest BCUT2D eigenvalue weighted by molar-refractivity contribution is 7.99. The lowest BCUT2D eigenvalue weighted by atomic mass is 10.1. The summed E-state index contributed by atoms with van der Waals surface area (Å²) < 4.78 is 1.58. The van der Waals surface area contributed by atoms with Crippen molar-refractivity contribution in [2.24, 2.45) is 0 Å². The van der Waals surface area contributed by atoms with Crippen LogP contribution in [-0.4, -0.2) is 31.2 Å². The number of nitrogens with one attached hydrogen (secondary N) is 1. The first-order valence-corrected chi connectivity index (χ1v) is 8.34. The molecule has 6 nitrogen and oxygen atoms in total. The number of rotatable bonds is 5. The number of carbonyl (C=O) groups excluding carboxylic acids is 1. The van der Waals surface area contributed by atoms with Crippen LogP contribution in [0.2, 0.25) is 5.02 Å². The summed E-state index contributed by atoms with van der Waals surface area (Å²) in [4.78, 5) is 20.4. The predicted molar refractivity (Wildman–Crippen MR) is 89.5 cm³/mol. The Kier molecular flexibility index (Phi) is 4.78. The van der Waals surface area contributed by atoms with Crippen LogP contribution in [0.3, 0.4) is 0 Å². The maximum atomic E-state index is 12.1. The second kappa shape index (κ2) is 6.97. The Bertz CT molecular complexity index is 804. The summed E-state index contributed by atoms with van der Waals surface area (Å²) in [7, 11) is 0. The molecule has 1 aromatic carbocycles. The van der Waals surface area contributed by atoms with E-state index in [0.29, 0.717) is 16.0 Å². The van der Waals surface area contributed by atoms with Gasteiger partial charge < -0.3 is 5.32 Å². The zero-order valence-corrected chi connectivity index (χ0v) is 13.9. The van der Waals surface area contributed by atoms with Gasteiger partial charge in [0.2, 0.25) is 11.1 Å². The first kappa shape index (κ1) is 15.8. The summed E-state index contributed by atoms with van der Waals surface area (Å²) in [6.45, 7) is 1.90. The van der Waals surface area contributed by atoms with Gasteiger partial charge in [0.05, 0.1) is 11.8 Å². The maximum absolute atomic E-state index is 12.1. The summed E-state index contributed by atoms with van der Waals surface area (Å²) in [6.07, 6.45) is 3.41. The van der Waals surface area contributed by atoms with Crippen LogP contribution >= 0.6 is 23.4 Å². The standard InChI is InChI=1S/C15H14ClN5OS/c1-10(11-5-2-3-6-12(11)16)18-13(22)9-23-15-19-14-17-7-4-8-21(14)20-15/h2-8,10H,9H2,1H3,(H,18,22). The maximum Gasteiger partial charge on any atom is 0.253 e. The van der Waals surface area contributed by atoms with Gasteiger partial charge in [0.15, 0.2) is 0 Å². The van der Waals surface area contributed by atoms with E-state index in [1.165, 1.54) is 11.8 Å². The summed E-state index contributed by atoms with van der Waals surface area (Å²) in [5.41, 5.74) is 0.891. The van der Waals surface area contributed by atoms with Crippen LogP contribution in [0.25, 0.3) is 5.78 Å². The van der Waals surface area contributed by atoms with E-state index in [0.717, 1.165) is 5.56 Å². The molecule has 3 aromatic rings. The van der Waals surface area contributed by atoms with Crippen molar-refractivity contribution in [1.82, 2.24) is 24.9 Å². The van der Waals surface area contributed by atoms with E-state index in [-0.39, 0.29) is 17.7 Å². The van der Waals surface area contributed by atoms with Crippen molar-refractivity contribution in [3.63, 3.8) is 0 Å². The second-order valence-corrected chi connectivity index (χ2v) is 6.21. The normalized spacial score (nSPS) is 12.3. The second-order valence-electron chi connectivity index (χ2n) is 4.86. The third-order valence-electron chi connectivity index (χ3n) is 3.18. The van der Waals surface area contributed by atoms with Crippen molar-refractivity contribution in [2.75, 3.05) is 5.75 Å². The highest BCUT2D eigenvalue weighted by Crippen LogP contribution is 2.22. The summed E-state index contributed by atoms with van der Waals surface area (Å²) in [5, 5.41) is 8.32. The largest absolute Gasteiger partial charge is 0.349 e. The number of fused-ring (bicyclic) bond motifs is 1. The molecule has 1 amide bonds. The summed E-state index contributed by atoms with van der Waals surface area (Å²) in [6, 6.07) is 9.07. The molecule has 8 heteroatoms. The quantitative estimate of drug-likeness (QED) is 0.718. The molecule has 0 spiro atoms. The average molecular weight is 348 g/mol. The van der Waals surface area contributed by atoms with Crippen LogP contribution in [-0.2, 0) is 4.79 Å². The molecule has 2 aromatic heterocycles. The molecule has 0 radical (unpaired) electrons. The minimum Gasteiger partial charge on any atom is -0.349 e. The van der Waals surface area contributed by atoms with Gasteiger partial charge in [0.25, 0.3) is 5.78 Å². The lowest BCUT2D eigenvalue weighted by Crippen LogP contribution is -2.28. The van der Waals surface area contributed by atoms with E-state index in [9.17, 15) is 4.79 Å². The number of nitrogens with zero attached hydrogens (tertiary/aromatic N) is 4. The molecule has 1 unspecified atom stereocenters. The smallest absolute Gasteiger partial charge is 0.253 e. The first-order chi connectivity index (χ1) is 11.1. The molecule has 0 saturated heterocycles. The van der Waals surface area contributed by atoms with Gasteiger partial charge >= 0.3 is 0 Å². The van der Waals surface area contributed by atoms with E-state index in [4.69, 9.17) is 11.6 Å². The third kappa shape index (κ3) is 3.80. The fraction of sp³-hybridized carbons (Fsp3) is 0.200. The van der Waals surface area contributed by atoms with E-state index < -0.39 is 0 Å². The number of amides is 1. The minimum absolute atomic E-state index is 0.103. The lowest BCUT2D eigenvalue weighted by Gasteiger charge is -2.15. The van der Waals surface area contributed by atoms with Crippen molar-refractivity contribution < 1.29 is 4.79 Å². The van der Waals surface area contributed by atoms with Crippen LogP contribution in [0.5, 0.6) is 0 Å². The summed E-state index contributed by atoms with van der Waals surface area (Å²) in [5.74, 6) is 0.639. The Morgan fingerprint density at radius 1 is 1.39 bits per heavy atom. The fourth-order valence-electron chi connectivity index (χ4n) is 2.09. The Hall–Kier alpha value is -2.12. The predicted octanol–water partition coefficient (Wildman–Crippen LogP) is 2.75. The Morgan fingerprint density at radius 2 is 2.22 bits per heavy atom. The highest BCUT2D eigenvalue weighted by Gasteiger charge is 2.13. The van der Waals surface area contributed by atoms with Gasteiger partial charge in [0.1, 0.15) is 0 Å². The zero-order chi connectivity index (χ0) is 16.2. The molecule has 118 valence electrons. The van der Waals surface area contributed by atoms with Gasteiger partial charge in [-0.2, -0.15) is 4.98 Å². The van der Waals surface area contributed by atoms with Crippen molar-refractivity contribution in [2.45, 2.75) is 18.1 Å². The van der Waals surface area contributed by atoms with Gasteiger partial charge in [-0.3, -0.25) is 4.79 Å². The molecule has 23 heavy (non-hydrogen) atoms. The molecule has 0 aliphatic heterocycles. The average Bonchev–Trinajstić information content (AvgIpc) is 2.96. The van der Waals surface area contributed by atoms with Crippen LogP contribution in [0.1, 0.15) is 18.5 Å². The number of benzene rings is 1. The monoisotopic (exact) mass is 347 g/mol. The first-order valence-electron chi connectivity index (χ1n) is 6.97. The van der Waals surface area contributed by atoms with Gasteiger partial charge in [-0.05, 0) is 24.6 Å². The molecule has 0 saturated carbocycles. The lowest BCUT2D eigenvalue weighted by molar-refractivity contribution is -0.119. The van der Waals surface area contributed by atoms with Crippen molar-refractivity contribution in [3.8, 4) is 0 Å². The van der Waals surface area contributed by atoms with Crippen molar-refractivity contribution in [1.29, 1.82) is 0 Å². The zero-order valence-electron chi connectivity index (χ0n) is 12.3. The number of hydrogen-bond donors (Lipinski definition) is 1. The van der Waals surface area contributed by atoms with E-state index in [1.807, 2.05) is 31.2 Å². The molecule has 0 fully saturated rings. The third-order valence-corrected chi connectivity index (χ3v) is 4.36. The van der Waals surface area contributed by atoms with Crippen molar-refractivity contribution >= 4 is 35.0 Å². The molecule has 1 N–H and O–H groups in total. The number of halogens is 1. The molecule has 0 aliphatic carbocycles. The fourth-order valence-corrected chi connectivity index (χ4v) is 3.03. The van der Waals surface area contributed by atoms with E-state index in [2.05, 4.69) is 20.4 Å². The highest BCUT2D eigenvalue weighted by atomic mass is 35.5. The van der Waals surface area contributed by atoms with Crippen LogP contribution in [0.4, 0.5) is 0 Å². The Labute approximate surface area is 142 Å². The Balaban J connectivity index is 1.58. The van der Waals surface area contributed by atoms with Gasteiger partial charge in [-0.1, -0.05) is 41.6 Å². The van der Waals surface area contributed by atoms with Gasteiger partial charge in [0, 0.05) is 17.4 Å². The van der Waals surface area contributed by atoms with E-state index in [1.54, 1.807) is 23.0 Å². The number of aromatic nitrogens is 4. The van der Waals surface area contributed by atoms with Crippen LogP contribution in [0, 0.1) is 0 Å². The molecular weight excluding hydrogens is 334 g/mol. The van der Waals surface area contributed by atoms with Crippen LogP contribution in [0.15, 0.2) is 47.9 Å². The molecule has 3 rings (SSSR count). The topological polar surface area (TPSA) is 72.2 Å². The van der Waals surface area contributed by atoms with E-state index >= 15 is 0 Å². The molecule has 0 bridgehead atoms. The molecular formula is C15H14ClN5OS. The number of thioether (sulfide) groups is 1. The molecule has 0 aliphatic rings. The minimum atomic E-state index is -0.160. The number of hydrogen-bond acceptors (Lipinski definition) is 5. The van der Waals surface area contributed by atoms with Crippen LogP contribution < -0.4 is 5.32 Å². The van der Waals surface area contributed by atoms with Gasteiger partial charge in [-0.25, -0.2) is 9.50 Å². The molecule has 1 atom stereocenters. The summed E-state index contributed by atoms with van der Waals surface area (Å²) >= 11 is 7.40. The van der Waals surface area contributed by atoms with Gasteiger partial charge in [-0.15, -0.1) is 5.10 Å².